The van der Waals surface area contributed by atoms with E-state index in [1.54, 1.807) is 56.7 Å². The quantitative estimate of drug-likeness (QED) is 0.196. The Hall–Kier alpha value is -4.58. The van der Waals surface area contributed by atoms with E-state index in [0.717, 1.165) is 17.7 Å². The molecule has 0 amide bonds. The number of ether oxygens (including phenoxy) is 3. The minimum Gasteiger partial charge on any atom is -0.494 e. The molecule has 1 aromatic carbocycles. The van der Waals surface area contributed by atoms with E-state index in [1.807, 2.05) is 37.1 Å². The Kier molecular flexibility index (Phi) is 9.00. The number of ketones is 1. The zero-order chi connectivity index (χ0) is 27.8. The van der Waals surface area contributed by atoms with Crippen molar-refractivity contribution in [1.29, 1.82) is 0 Å². The summed E-state index contributed by atoms with van der Waals surface area (Å²) >= 11 is 0. The Morgan fingerprint density at radius 2 is 1.90 bits per heavy atom. The SMILES string of the molecule is CCC(=O)c1cnc(Nc2ccc(OCCCOC)nn2)cc1N(C)c1cccc(-c2ncn(C)n2)c1OC. The van der Waals surface area contributed by atoms with E-state index in [1.165, 1.54) is 0 Å². The average Bonchev–Trinajstić information content (AvgIpc) is 3.40. The fourth-order valence-corrected chi connectivity index (χ4v) is 3.94. The molecule has 0 radical (unpaired) electrons. The number of carbonyl (C=O) groups excluding carboxylic acids is 1. The van der Waals surface area contributed by atoms with Crippen molar-refractivity contribution < 1.29 is 19.0 Å². The largest absolute Gasteiger partial charge is 0.494 e. The number of nitrogens with one attached hydrogen (secondary N) is 1. The first-order valence-corrected chi connectivity index (χ1v) is 12.5. The van der Waals surface area contributed by atoms with E-state index in [-0.39, 0.29) is 5.78 Å². The van der Waals surface area contributed by atoms with Crippen LogP contribution in [0.3, 0.4) is 0 Å². The standard InChI is InChI=1S/C27H32N8O4/c1-6-22(36)19-16-28-24(30-23-11-12-25(32-31-23)39-14-8-13-37-4)15-21(19)35(3)20-10-7-9-18(26(20)38-5)27-29-17-34(2)33-27/h7,9-12,15-17H,6,8,13-14H2,1-5H3,(H,28,30,31). The number of nitrogens with zero attached hydrogens (tertiary/aromatic N) is 7. The Bertz CT molecular complexity index is 1410. The number of pyridine rings is 1. The van der Waals surface area contributed by atoms with E-state index in [9.17, 15) is 4.79 Å². The molecule has 0 unspecified atom stereocenters. The van der Waals surface area contributed by atoms with Crippen LogP contribution in [0.5, 0.6) is 11.6 Å². The molecule has 12 nitrogen and oxygen atoms in total. The van der Waals surface area contributed by atoms with E-state index in [2.05, 4.69) is 30.6 Å². The Morgan fingerprint density at radius 3 is 2.56 bits per heavy atom. The van der Waals surface area contributed by atoms with Crippen molar-refractivity contribution in [1.82, 2.24) is 29.9 Å². The minimum atomic E-state index is -0.0350. The molecular weight excluding hydrogens is 500 g/mol. The maximum atomic E-state index is 12.9. The highest BCUT2D eigenvalue weighted by atomic mass is 16.5. The number of rotatable bonds is 13. The number of carbonyl (C=O) groups is 1. The lowest BCUT2D eigenvalue weighted by Gasteiger charge is -2.25. The summed E-state index contributed by atoms with van der Waals surface area (Å²) in [6, 6.07) is 11.0. The molecule has 0 aliphatic carbocycles. The molecule has 0 bridgehead atoms. The second-order valence-corrected chi connectivity index (χ2v) is 8.60. The van der Waals surface area contributed by atoms with Gasteiger partial charge in [-0.1, -0.05) is 13.0 Å². The Balaban J connectivity index is 1.64. The van der Waals surface area contributed by atoms with Gasteiger partial charge >= 0.3 is 0 Å². The predicted octanol–water partition coefficient (Wildman–Crippen LogP) is 4.20. The molecule has 39 heavy (non-hydrogen) atoms. The molecule has 4 aromatic rings. The smallest absolute Gasteiger partial charge is 0.233 e. The van der Waals surface area contributed by atoms with Crippen LogP contribution < -0.4 is 19.7 Å². The normalized spacial score (nSPS) is 10.8. The summed E-state index contributed by atoms with van der Waals surface area (Å²) in [6.07, 6.45) is 4.29. The first-order valence-electron chi connectivity index (χ1n) is 12.5. The van der Waals surface area contributed by atoms with Gasteiger partial charge in [0.1, 0.15) is 12.1 Å². The van der Waals surface area contributed by atoms with Crippen LogP contribution in [0.1, 0.15) is 30.1 Å². The summed E-state index contributed by atoms with van der Waals surface area (Å²) in [7, 11) is 6.92. The molecule has 12 heteroatoms. The van der Waals surface area contributed by atoms with Crippen LogP contribution >= 0.6 is 0 Å². The zero-order valence-electron chi connectivity index (χ0n) is 22.7. The van der Waals surface area contributed by atoms with E-state index < -0.39 is 0 Å². The molecule has 0 fully saturated rings. The lowest BCUT2D eigenvalue weighted by Crippen LogP contribution is -2.16. The number of methoxy groups -OCH3 is 2. The number of aryl methyl sites for hydroxylation is 1. The van der Waals surface area contributed by atoms with Crippen molar-refractivity contribution in [3.05, 3.63) is 54.5 Å². The average molecular weight is 533 g/mol. The third kappa shape index (κ3) is 6.47. The molecule has 0 spiro atoms. The molecule has 1 N–H and O–H groups in total. The van der Waals surface area contributed by atoms with Gasteiger partial charge in [0, 0.05) is 59.0 Å². The van der Waals surface area contributed by atoms with Gasteiger partial charge < -0.3 is 24.4 Å². The second kappa shape index (κ2) is 12.8. The summed E-state index contributed by atoms with van der Waals surface area (Å²) in [4.78, 5) is 23.6. The molecular formula is C27H32N8O4. The molecule has 204 valence electrons. The molecule has 3 heterocycles. The van der Waals surface area contributed by atoms with Crippen LogP contribution in [0, 0.1) is 0 Å². The molecule has 0 saturated carbocycles. The Labute approximate surface area is 227 Å². The molecule has 4 rings (SSSR count). The van der Waals surface area contributed by atoms with Crippen LogP contribution in [0.25, 0.3) is 11.4 Å². The van der Waals surface area contributed by atoms with Gasteiger partial charge in [0.05, 0.1) is 36.2 Å². The van der Waals surface area contributed by atoms with Crippen LogP contribution in [0.4, 0.5) is 23.0 Å². The van der Waals surface area contributed by atoms with Crippen LogP contribution in [0.15, 0.2) is 48.9 Å². The number of benzene rings is 1. The molecule has 0 atom stereocenters. The molecule has 0 saturated heterocycles. The van der Waals surface area contributed by atoms with Gasteiger partial charge in [-0.25, -0.2) is 9.97 Å². The maximum absolute atomic E-state index is 12.9. The number of aromatic nitrogens is 6. The van der Waals surface area contributed by atoms with Crippen molar-refractivity contribution in [2.45, 2.75) is 19.8 Å². The highest BCUT2D eigenvalue weighted by Gasteiger charge is 2.22. The zero-order valence-corrected chi connectivity index (χ0v) is 22.7. The number of hydrogen-bond acceptors (Lipinski definition) is 11. The van der Waals surface area contributed by atoms with Gasteiger partial charge in [-0.05, 0) is 18.2 Å². The fraction of sp³-hybridized carbons (Fsp3) is 0.333. The number of anilines is 4. The maximum Gasteiger partial charge on any atom is 0.233 e. The van der Waals surface area contributed by atoms with Gasteiger partial charge in [-0.3, -0.25) is 9.48 Å². The van der Waals surface area contributed by atoms with Gasteiger partial charge in [-0.15, -0.1) is 10.2 Å². The summed E-state index contributed by atoms with van der Waals surface area (Å²) in [5, 5.41) is 15.9. The van der Waals surface area contributed by atoms with Crippen LogP contribution in [-0.2, 0) is 11.8 Å². The summed E-state index contributed by atoms with van der Waals surface area (Å²) in [5.74, 6) is 2.48. The number of hydrogen-bond donors (Lipinski definition) is 1. The lowest BCUT2D eigenvalue weighted by atomic mass is 10.1. The van der Waals surface area contributed by atoms with Crippen molar-refractivity contribution in [2.75, 3.05) is 44.7 Å². The topological polar surface area (TPSA) is 129 Å². The lowest BCUT2D eigenvalue weighted by molar-refractivity contribution is 0.0988. The van der Waals surface area contributed by atoms with Gasteiger partial charge in [0.2, 0.25) is 5.88 Å². The van der Waals surface area contributed by atoms with Crippen molar-refractivity contribution in [3.8, 4) is 23.0 Å². The minimum absolute atomic E-state index is 0.0350. The van der Waals surface area contributed by atoms with Gasteiger partial charge in [0.25, 0.3) is 0 Å². The molecule has 0 aliphatic heterocycles. The van der Waals surface area contributed by atoms with Crippen molar-refractivity contribution in [3.63, 3.8) is 0 Å². The van der Waals surface area contributed by atoms with Gasteiger partial charge in [0.15, 0.2) is 23.2 Å². The van der Waals surface area contributed by atoms with Gasteiger partial charge in [-0.2, -0.15) is 5.10 Å². The molecule has 3 aromatic heterocycles. The van der Waals surface area contributed by atoms with Crippen molar-refractivity contribution in [2.24, 2.45) is 7.05 Å². The highest BCUT2D eigenvalue weighted by molar-refractivity contribution is 6.02. The highest BCUT2D eigenvalue weighted by Crippen LogP contribution is 2.40. The first kappa shape index (κ1) is 27.5. The Morgan fingerprint density at radius 1 is 1.05 bits per heavy atom. The van der Waals surface area contributed by atoms with E-state index in [0.29, 0.717) is 60.0 Å². The summed E-state index contributed by atoms with van der Waals surface area (Å²) < 4.78 is 18.0. The van der Waals surface area contributed by atoms with Crippen molar-refractivity contribution >= 4 is 28.8 Å². The number of para-hydroxylation sites is 1. The van der Waals surface area contributed by atoms with E-state index in [4.69, 9.17) is 14.2 Å². The van der Waals surface area contributed by atoms with Crippen LogP contribution in [-0.4, -0.2) is 70.2 Å². The second-order valence-electron chi connectivity index (χ2n) is 8.60. The summed E-state index contributed by atoms with van der Waals surface area (Å²) in [6.45, 7) is 2.92. The molecule has 0 aliphatic rings. The predicted molar refractivity (Wildman–Crippen MR) is 147 cm³/mol. The summed E-state index contributed by atoms with van der Waals surface area (Å²) in [5.41, 5.74) is 2.60. The number of Topliss-reactive ketones (excluding diaryl/α,β-unsaturated/α-hetero) is 1. The monoisotopic (exact) mass is 532 g/mol. The fourth-order valence-electron chi connectivity index (χ4n) is 3.94. The first-order chi connectivity index (χ1) is 18.9. The third-order valence-corrected chi connectivity index (χ3v) is 5.90. The third-order valence-electron chi connectivity index (χ3n) is 5.90. The van der Waals surface area contributed by atoms with E-state index >= 15 is 0 Å². The van der Waals surface area contributed by atoms with Crippen LogP contribution in [0.2, 0.25) is 0 Å².